The topological polar surface area (TPSA) is 70.6 Å². The molecule has 1 atom stereocenters. The van der Waals surface area contributed by atoms with Gasteiger partial charge in [0.05, 0.1) is 0 Å². The van der Waals surface area contributed by atoms with E-state index in [1.165, 1.54) is 4.88 Å². The number of oxime groups is 1. The first-order valence-electron chi connectivity index (χ1n) is 4.44. The number of thiophene rings is 1. The van der Waals surface area contributed by atoms with E-state index in [1.54, 1.807) is 11.3 Å². The molecule has 1 aromatic rings. The van der Waals surface area contributed by atoms with Gasteiger partial charge in [0.2, 0.25) is 0 Å². The molecular weight excluding hydrogens is 198 g/mol. The summed E-state index contributed by atoms with van der Waals surface area (Å²) >= 11 is 1.72. The summed E-state index contributed by atoms with van der Waals surface area (Å²) in [6.45, 7) is 3.46. The average molecular weight is 213 g/mol. The Balaban J connectivity index is 2.22. The van der Waals surface area contributed by atoms with Gasteiger partial charge < -0.3 is 16.3 Å². The zero-order valence-electron chi connectivity index (χ0n) is 8.10. The second-order valence-electron chi connectivity index (χ2n) is 3.14. The summed E-state index contributed by atoms with van der Waals surface area (Å²) in [6.07, 6.45) is 0. The number of nitrogens with zero attached hydrogens (tertiary/aromatic N) is 1. The van der Waals surface area contributed by atoms with E-state index in [0.29, 0.717) is 6.54 Å². The van der Waals surface area contributed by atoms with Crippen LogP contribution in [0.3, 0.4) is 0 Å². The van der Waals surface area contributed by atoms with Gasteiger partial charge in [0, 0.05) is 23.9 Å². The number of nitrogens with one attached hydrogen (secondary N) is 1. The first-order valence-corrected chi connectivity index (χ1v) is 5.32. The van der Waals surface area contributed by atoms with Gasteiger partial charge in [-0.2, -0.15) is 0 Å². The molecule has 0 bridgehead atoms. The van der Waals surface area contributed by atoms with Crippen molar-refractivity contribution in [3.8, 4) is 0 Å². The van der Waals surface area contributed by atoms with Crippen LogP contribution in [0, 0.1) is 5.92 Å². The summed E-state index contributed by atoms with van der Waals surface area (Å²) < 4.78 is 0. The van der Waals surface area contributed by atoms with Crippen molar-refractivity contribution in [3.63, 3.8) is 0 Å². The van der Waals surface area contributed by atoms with E-state index in [2.05, 4.69) is 16.5 Å². The van der Waals surface area contributed by atoms with Crippen LogP contribution in [-0.2, 0) is 6.54 Å². The molecule has 4 N–H and O–H groups in total. The maximum absolute atomic E-state index is 8.43. The minimum absolute atomic E-state index is 0.0555. The average Bonchev–Trinajstić information content (AvgIpc) is 2.69. The molecule has 78 valence electrons. The van der Waals surface area contributed by atoms with E-state index in [-0.39, 0.29) is 11.8 Å². The Morgan fingerprint density at radius 1 is 1.79 bits per heavy atom. The van der Waals surface area contributed by atoms with Gasteiger partial charge in [0.25, 0.3) is 0 Å². The molecule has 0 amide bonds. The lowest BCUT2D eigenvalue weighted by Gasteiger charge is -2.09. The quantitative estimate of drug-likeness (QED) is 0.298. The third-order valence-corrected chi connectivity index (χ3v) is 2.83. The number of hydrogen-bond acceptors (Lipinski definition) is 4. The van der Waals surface area contributed by atoms with Gasteiger partial charge in [-0.05, 0) is 11.4 Å². The smallest absolute Gasteiger partial charge is 0.143 e. The summed E-state index contributed by atoms with van der Waals surface area (Å²) in [5, 5.41) is 16.7. The molecule has 0 aromatic carbocycles. The first kappa shape index (κ1) is 11.0. The van der Waals surface area contributed by atoms with Gasteiger partial charge in [0.15, 0.2) is 0 Å². The van der Waals surface area contributed by atoms with Crippen LogP contribution in [-0.4, -0.2) is 17.6 Å². The van der Waals surface area contributed by atoms with Gasteiger partial charge in [-0.25, -0.2) is 0 Å². The minimum atomic E-state index is 0.0555. The monoisotopic (exact) mass is 213 g/mol. The predicted molar refractivity (Wildman–Crippen MR) is 58.6 cm³/mol. The van der Waals surface area contributed by atoms with Gasteiger partial charge in [-0.3, -0.25) is 0 Å². The summed E-state index contributed by atoms with van der Waals surface area (Å²) in [5.41, 5.74) is 5.44. The van der Waals surface area contributed by atoms with Gasteiger partial charge in [-0.15, -0.1) is 11.3 Å². The highest BCUT2D eigenvalue weighted by Crippen LogP contribution is 2.07. The van der Waals surface area contributed by atoms with Crippen LogP contribution in [0.5, 0.6) is 0 Å². The van der Waals surface area contributed by atoms with Gasteiger partial charge in [-0.1, -0.05) is 18.1 Å². The van der Waals surface area contributed by atoms with Crippen LogP contribution in [0.15, 0.2) is 22.7 Å². The molecule has 4 nitrogen and oxygen atoms in total. The van der Waals surface area contributed by atoms with Crippen LogP contribution < -0.4 is 11.1 Å². The molecule has 1 rings (SSSR count). The van der Waals surface area contributed by atoms with Gasteiger partial charge >= 0.3 is 0 Å². The van der Waals surface area contributed by atoms with E-state index < -0.39 is 0 Å². The Bertz CT molecular complexity index is 284. The number of hydrogen-bond donors (Lipinski definition) is 3. The number of nitrogens with two attached hydrogens (primary N) is 1. The molecule has 0 spiro atoms. The van der Waals surface area contributed by atoms with Crippen molar-refractivity contribution in [1.82, 2.24) is 5.32 Å². The molecule has 0 radical (unpaired) electrons. The Labute approximate surface area is 87.4 Å². The number of rotatable bonds is 5. The minimum Gasteiger partial charge on any atom is -0.409 e. The molecule has 14 heavy (non-hydrogen) atoms. The van der Waals surface area contributed by atoms with Crippen molar-refractivity contribution in [2.45, 2.75) is 13.5 Å². The van der Waals surface area contributed by atoms with E-state index in [1.807, 2.05) is 18.4 Å². The maximum atomic E-state index is 8.43. The second-order valence-corrected chi connectivity index (χ2v) is 4.17. The number of amidine groups is 1. The maximum Gasteiger partial charge on any atom is 0.143 e. The lowest BCUT2D eigenvalue weighted by Crippen LogP contribution is -2.30. The lowest BCUT2D eigenvalue weighted by atomic mass is 10.1. The van der Waals surface area contributed by atoms with Crippen molar-refractivity contribution < 1.29 is 5.21 Å². The fourth-order valence-corrected chi connectivity index (χ4v) is 1.70. The van der Waals surface area contributed by atoms with Crippen molar-refractivity contribution in [2.24, 2.45) is 16.8 Å². The highest BCUT2D eigenvalue weighted by Gasteiger charge is 2.06. The normalized spacial score (nSPS) is 14.2. The largest absolute Gasteiger partial charge is 0.409 e. The Kier molecular flexibility index (Phi) is 4.42. The third kappa shape index (κ3) is 3.35. The zero-order valence-corrected chi connectivity index (χ0v) is 8.92. The van der Waals surface area contributed by atoms with E-state index in [4.69, 9.17) is 10.9 Å². The van der Waals surface area contributed by atoms with Crippen LogP contribution in [0.25, 0.3) is 0 Å². The first-order chi connectivity index (χ1) is 6.74. The Hall–Kier alpha value is -1.07. The molecule has 0 aliphatic carbocycles. The summed E-state index contributed by atoms with van der Waals surface area (Å²) in [6, 6.07) is 4.10. The van der Waals surface area contributed by atoms with Crippen molar-refractivity contribution in [3.05, 3.63) is 22.4 Å². The van der Waals surface area contributed by atoms with E-state index in [0.717, 1.165) is 6.54 Å². The Morgan fingerprint density at radius 2 is 2.57 bits per heavy atom. The van der Waals surface area contributed by atoms with E-state index in [9.17, 15) is 0 Å². The lowest BCUT2D eigenvalue weighted by molar-refractivity contribution is 0.314. The third-order valence-electron chi connectivity index (χ3n) is 1.95. The van der Waals surface area contributed by atoms with Gasteiger partial charge in [0.1, 0.15) is 5.84 Å². The standard InChI is InChI=1S/C9H15N3OS/c1-7(9(10)12-13)5-11-6-8-3-2-4-14-8/h2-4,7,11,13H,5-6H2,1H3,(H2,10,12). The second kappa shape index (κ2) is 5.62. The summed E-state index contributed by atoms with van der Waals surface area (Å²) in [5.74, 6) is 0.323. The molecule has 5 heteroatoms. The molecule has 0 aliphatic heterocycles. The fraction of sp³-hybridized carbons (Fsp3) is 0.444. The van der Waals surface area contributed by atoms with Crippen LogP contribution in [0.2, 0.25) is 0 Å². The molecule has 1 heterocycles. The van der Waals surface area contributed by atoms with Crippen molar-refractivity contribution in [2.75, 3.05) is 6.54 Å². The zero-order chi connectivity index (χ0) is 10.4. The molecule has 0 fully saturated rings. The van der Waals surface area contributed by atoms with Crippen molar-refractivity contribution >= 4 is 17.2 Å². The van der Waals surface area contributed by atoms with E-state index >= 15 is 0 Å². The molecule has 1 aromatic heterocycles. The molecule has 0 saturated carbocycles. The molecule has 0 aliphatic rings. The fourth-order valence-electron chi connectivity index (χ4n) is 1.03. The molecular formula is C9H15N3OS. The molecule has 0 saturated heterocycles. The summed E-state index contributed by atoms with van der Waals surface area (Å²) in [7, 11) is 0. The van der Waals surface area contributed by atoms with Crippen LogP contribution >= 0.6 is 11.3 Å². The van der Waals surface area contributed by atoms with Crippen LogP contribution in [0.4, 0.5) is 0 Å². The predicted octanol–water partition coefficient (Wildman–Crippen LogP) is 1.22. The van der Waals surface area contributed by atoms with Crippen LogP contribution in [0.1, 0.15) is 11.8 Å². The summed E-state index contributed by atoms with van der Waals surface area (Å²) in [4.78, 5) is 1.29. The van der Waals surface area contributed by atoms with Crippen molar-refractivity contribution in [1.29, 1.82) is 0 Å². The Morgan fingerprint density at radius 3 is 3.14 bits per heavy atom. The molecule has 1 unspecified atom stereocenters. The SMILES string of the molecule is CC(CNCc1cccs1)C(N)=NO. The highest BCUT2D eigenvalue weighted by molar-refractivity contribution is 7.09. The highest BCUT2D eigenvalue weighted by atomic mass is 32.1.